The minimum atomic E-state index is 0.473. The molecule has 0 aliphatic heterocycles. The standard InChI is InChI=1S/C13H14BrN3/c1-11-10-12(14)4-5-13(11)17(8-2-6-15)9-3-7-16/h4-5,10H,2-3,8-9H2,1H3. The van der Waals surface area contributed by atoms with Gasteiger partial charge in [0.2, 0.25) is 0 Å². The van der Waals surface area contributed by atoms with Crippen LogP contribution in [0.15, 0.2) is 22.7 Å². The van der Waals surface area contributed by atoms with E-state index in [0.717, 1.165) is 15.7 Å². The third kappa shape index (κ3) is 4.09. The zero-order chi connectivity index (χ0) is 12.7. The molecule has 0 aliphatic rings. The molecule has 0 saturated heterocycles. The second kappa shape index (κ2) is 6.93. The molecule has 88 valence electrons. The number of rotatable bonds is 5. The molecule has 0 heterocycles. The lowest BCUT2D eigenvalue weighted by molar-refractivity contribution is 0.793. The SMILES string of the molecule is Cc1cc(Br)ccc1N(CCC#N)CCC#N. The highest BCUT2D eigenvalue weighted by Gasteiger charge is 2.08. The summed E-state index contributed by atoms with van der Waals surface area (Å²) < 4.78 is 1.04. The maximum absolute atomic E-state index is 8.65. The number of nitriles is 2. The first-order valence-electron chi connectivity index (χ1n) is 5.44. The predicted molar refractivity (Wildman–Crippen MR) is 71.6 cm³/mol. The van der Waals surface area contributed by atoms with Crippen molar-refractivity contribution in [2.75, 3.05) is 18.0 Å². The third-order valence-corrected chi connectivity index (χ3v) is 2.98. The summed E-state index contributed by atoms with van der Waals surface area (Å²) in [7, 11) is 0. The molecule has 0 spiro atoms. The zero-order valence-corrected chi connectivity index (χ0v) is 11.4. The zero-order valence-electron chi connectivity index (χ0n) is 9.78. The first-order chi connectivity index (χ1) is 8.19. The van der Waals surface area contributed by atoms with Crippen LogP contribution in [0.5, 0.6) is 0 Å². The Balaban J connectivity index is 2.88. The smallest absolute Gasteiger partial charge is 0.0640 e. The van der Waals surface area contributed by atoms with E-state index in [2.05, 4.69) is 33.0 Å². The summed E-state index contributed by atoms with van der Waals surface area (Å²) in [5.41, 5.74) is 2.24. The fourth-order valence-corrected chi connectivity index (χ4v) is 2.17. The van der Waals surface area contributed by atoms with Gasteiger partial charge in [0.1, 0.15) is 0 Å². The van der Waals surface area contributed by atoms with Crippen molar-refractivity contribution in [3.8, 4) is 12.1 Å². The van der Waals surface area contributed by atoms with Crippen LogP contribution in [0.25, 0.3) is 0 Å². The van der Waals surface area contributed by atoms with Gasteiger partial charge in [0.15, 0.2) is 0 Å². The molecule has 0 N–H and O–H groups in total. The Morgan fingerprint density at radius 1 is 1.18 bits per heavy atom. The molecule has 1 aromatic carbocycles. The third-order valence-electron chi connectivity index (χ3n) is 2.49. The van der Waals surface area contributed by atoms with Crippen molar-refractivity contribution >= 4 is 21.6 Å². The van der Waals surface area contributed by atoms with Crippen LogP contribution in [0, 0.1) is 29.6 Å². The van der Waals surface area contributed by atoms with Gasteiger partial charge in [-0.05, 0) is 30.7 Å². The predicted octanol–water partition coefficient (Wildman–Crippen LogP) is 3.39. The second-order valence-electron chi connectivity index (χ2n) is 3.73. The molecule has 1 aromatic rings. The maximum atomic E-state index is 8.65. The van der Waals surface area contributed by atoms with Gasteiger partial charge in [-0.25, -0.2) is 0 Å². The van der Waals surface area contributed by atoms with E-state index in [9.17, 15) is 0 Å². The molecular weight excluding hydrogens is 278 g/mol. The molecule has 0 saturated carbocycles. The van der Waals surface area contributed by atoms with Gasteiger partial charge in [0.05, 0.1) is 25.0 Å². The number of nitrogens with zero attached hydrogens (tertiary/aromatic N) is 3. The van der Waals surface area contributed by atoms with Crippen LogP contribution in [0.3, 0.4) is 0 Å². The Morgan fingerprint density at radius 2 is 1.76 bits per heavy atom. The Hall–Kier alpha value is -1.52. The normalized spacial score (nSPS) is 9.41. The molecule has 0 atom stereocenters. The lowest BCUT2D eigenvalue weighted by atomic mass is 10.1. The van der Waals surface area contributed by atoms with E-state index in [1.54, 1.807) is 0 Å². The van der Waals surface area contributed by atoms with Crippen LogP contribution in [-0.2, 0) is 0 Å². The van der Waals surface area contributed by atoms with Crippen molar-refractivity contribution in [2.24, 2.45) is 0 Å². The number of hydrogen-bond donors (Lipinski definition) is 0. The Labute approximate surface area is 110 Å². The van der Waals surface area contributed by atoms with Crippen molar-refractivity contribution in [1.82, 2.24) is 0 Å². The molecular formula is C13H14BrN3. The lowest BCUT2D eigenvalue weighted by Gasteiger charge is -2.24. The molecule has 0 aromatic heterocycles. The van der Waals surface area contributed by atoms with Crippen LogP contribution in [0.2, 0.25) is 0 Å². The van der Waals surface area contributed by atoms with Crippen molar-refractivity contribution in [3.05, 3.63) is 28.2 Å². The largest absolute Gasteiger partial charge is 0.369 e. The van der Waals surface area contributed by atoms with Crippen molar-refractivity contribution in [2.45, 2.75) is 19.8 Å². The molecule has 17 heavy (non-hydrogen) atoms. The van der Waals surface area contributed by atoms with Crippen LogP contribution in [0.1, 0.15) is 18.4 Å². The van der Waals surface area contributed by atoms with E-state index in [0.29, 0.717) is 25.9 Å². The molecule has 0 bridgehead atoms. The van der Waals surface area contributed by atoms with Gasteiger partial charge in [0.25, 0.3) is 0 Å². The molecule has 4 heteroatoms. The Bertz CT molecular complexity index is 439. The van der Waals surface area contributed by atoms with Crippen LogP contribution >= 0.6 is 15.9 Å². The average Bonchev–Trinajstić information content (AvgIpc) is 2.30. The summed E-state index contributed by atoms with van der Waals surface area (Å²) in [4.78, 5) is 2.09. The highest BCUT2D eigenvalue weighted by molar-refractivity contribution is 9.10. The molecule has 1 rings (SSSR count). The highest BCUT2D eigenvalue weighted by Crippen LogP contribution is 2.24. The maximum Gasteiger partial charge on any atom is 0.0640 e. The number of benzene rings is 1. The average molecular weight is 292 g/mol. The number of halogens is 1. The second-order valence-corrected chi connectivity index (χ2v) is 4.65. The molecule has 3 nitrogen and oxygen atoms in total. The molecule has 0 aliphatic carbocycles. The van der Waals surface area contributed by atoms with Gasteiger partial charge in [-0.3, -0.25) is 0 Å². The fourth-order valence-electron chi connectivity index (χ4n) is 1.70. The van der Waals surface area contributed by atoms with Crippen molar-refractivity contribution in [3.63, 3.8) is 0 Å². The Morgan fingerprint density at radius 3 is 2.24 bits per heavy atom. The number of hydrogen-bond acceptors (Lipinski definition) is 3. The molecule has 0 amide bonds. The van der Waals surface area contributed by atoms with E-state index in [-0.39, 0.29) is 0 Å². The van der Waals surface area contributed by atoms with Gasteiger partial charge in [0, 0.05) is 23.2 Å². The summed E-state index contributed by atoms with van der Waals surface area (Å²) in [5, 5.41) is 17.3. The van der Waals surface area contributed by atoms with Crippen molar-refractivity contribution in [1.29, 1.82) is 10.5 Å². The van der Waals surface area contributed by atoms with Gasteiger partial charge >= 0.3 is 0 Å². The first kappa shape index (κ1) is 13.5. The Kier molecular flexibility index (Phi) is 5.52. The topological polar surface area (TPSA) is 50.8 Å². The highest BCUT2D eigenvalue weighted by atomic mass is 79.9. The minimum absolute atomic E-state index is 0.473. The summed E-state index contributed by atoms with van der Waals surface area (Å²) in [6.07, 6.45) is 0.946. The van der Waals surface area contributed by atoms with Crippen molar-refractivity contribution < 1.29 is 0 Å². The van der Waals surface area contributed by atoms with E-state index in [1.807, 2.05) is 25.1 Å². The summed E-state index contributed by atoms with van der Waals surface area (Å²) in [6.45, 7) is 3.37. The number of aryl methyl sites for hydroxylation is 1. The van der Waals surface area contributed by atoms with Gasteiger partial charge in [-0.1, -0.05) is 15.9 Å². The van der Waals surface area contributed by atoms with E-state index < -0.39 is 0 Å². The van der Waals surface area contributed by atoms with Gasteiger partial charge in [-0.2, -0.15) is 10.5 Å². The van der Waals surface area contributed by atoms with Crippen LogP contribution < -0.4 is 4.90 Å². The van der Waals surface area contributed by atoms with Crippen LogP contribution in [-0.4, -0.2) is 13.1 Å². The molecule has 0 fully saturated rings. The van der Waals surface area contributed by atoms with Crippen LogP contribution in [0.4, 0.5) is 5.69 Å². The molecule has 0 unspecified atom stereocenters. The minimum Gasteiger partial charge on any atom is -0.369 e. The van der Waals surface area contributed by atoms with E-state index in [4.69, 9.17) is 10.5 Å². The summed E-state index contributed by atoms with van der Waals surface area (Å²) in [6, 6.07) is 10.3. The summed E-state index contributed by atoms with van der Waals surface area (Å²) >= 11 is 3.43. The van der Waals surface area contributed by atoms with E-state index >= 15 is 0 Å². The first-order valence-corrected chi connectivity index (χ1v) is 6.23. The quantitative estimate of drug-likeness (QED) is 0.835. The monoisotopic (exact) mass is 291 g/mol. The molecule has 0 radical (unpaired) electrons. The van der Waals surface area contributed by atoms with E-state index in [1.165, 1.54) is 0 Å². The number of anilines is 1. The lowest BCUT2D eigenvalue weighted by Crippen LogP contribution is -2.26. The van der Waals surface area contributed by atoms with Gasteiger partial charge < -0.3 is 4.90 Å². The van der Waals surface area contributed by atoms with Gasteiger partial charge in [-0.15, -0.1) is 0 Å². The fraction of sp³-hybridized carbons (Fsp3) is 0.385. The summed E-state index contributed by atoms with van der Waals surface area (Å²) in [5.74, 6) is 0.